The minimum Gasteiger partial charge on any atom is -0.496 e. The number of rotatable bonds is 16. The fourth-order valence-corrected chi connectivity index (χ4v) is 5.45. The molecule has 1 aliphatic rings. The largest absolute Gasteiger partial charge is 0.496 e. The lowest BCUT2D eigenvalue weighted by Gasteiger charge is -2.26. The van der Waals surface area contributed by atoms with Crippen molar-refractivity contribution in [2.75, 3.05) is 19.0 Å². The number of amidine groups is 1. The Kier molecular flexibility index (Phi) is 14.0. The van der Waals surface area contributed by atoms with E-state index in [-0.39, 0.29) is 39.8 Å². The molecule has 3 unspecified atom stereocenters. The molecule has 0 spiro atoms. The number of amides is 3. The van der Waals surface area contributed by atoms with Gasteiger partial charge in [0, 0.05) is 47.0 Å². The van der Waals surface area contributed by atoms with Gasteiger partial charge in [0.25, 0.3) is 11.8 Å². The van der Waals surface area contributed by atoms with Crippen LogP contribution in [0.5, 0.6) is 5.75 Å². The van der Waals surface area contributed by atoms with Crippen LogP contribution in [-0.4, -0.2) is 72.3 Å². The Morgan fingerprint density at radius 2 is 1.68 bits per heavy atom. The van der Waals surface area contributed by atoms with Gasteiger partial charge in [0.05, 0.1) is 7.11 Å². The van der Waals surface area contributed by atoms with Crippen LogP contribution in [0.2, 0.25) is 0 Å². The number of alkyl carbamates (subject to hydrolysis) is 1. The molecular weight excluding hydrogens is 720 g/mol. The lowest BCUT2D eigenvalue weighted by molar-refractivity contribution is -0.169. The summed E-state index contributed by atoms with van der Waals surface area (Å²) in [5, 5.41) is 15.8. The van der Waals surface area contributed by atoms with Gasteiger partial charge in [0.1, 0.15) is 28.9 Å². The Hall–Kier alpha value is -6.25. The summed E-state index contributed by atoms with van der Waals surface area (Å²) < 4.78 is 22.0. The first-order chi connectivity index (χ1) is 26.4. The molecule has 0 radical (unpaired) electrons. The number of ether oxygens (including phenoxy) is 4. The van der Waals surface area contributed by atoms with Gasteiger partial charge in [-0.2, -0.15) is 0 Å². The van der Waals surface area contributed by atoms with E-state index in [0.29, 0.717) is 41.4 Å². The predicted octanol–water partition coefficient (Wildman–Crippen LogP) is 6.06. The molecule has 1 aromatic heterocycles. The van der Waals surface area contributed by atoms with Crippen molar-refractivity contribution in [1.29, 1.82) is 5.41 Å². The monoisotopic (exact) mass is 770 g/mol. The third-order valence-corrected chi connectivity index (χ3v) is 8.84. The molecule has 3 amide bonds. The van der Waals surface area contributed by atoms with Gasteiger partial charge in [-0.15, -0.1) is 0 Å². The predicted molar refractivity (Wildman–Crippen MR) is 210 cm³/mol. The molecule has 298 valence electrons. The number of hydrogen-bond donors (Lipinski definition) is 5. The highest BCUT2D eigenvalue weighted by atomic mass is 16.7. The van der Waals surface area contributed by atoms with Crippen LogP contribution in [0.25, 0.3) is 17.2 Å². The summed E-state index contributed by atoms with van der Waals surface area (Å²) in [6.07, 6.45) is 1.70. The van der Waals surface area contributed by atoms with E-state index in [1.54, 1.807) is 52.0 Å². The van der Waals surface area contributed by atoms with Crippen LogP contribution in [-0.2, 0) is 19.0 Å². The number of anilines is 1. The molecule has 56 heavy (non-hydrogen) atoms. The van der Waals surface area contributed by atoms with Crippen molar-refractivity contribution in [2.45, 2.75) is 78.7 Å². The maximum Gasteiger partial charge on any atom is 0.408 e. The van der Waals surface area contributed by atoms with E-state index < -0.39 is 47.8 Å². The highest BCUT2D eigenvalue weighted by Crippen LogP contribution is 2.35. The quantitative estimate of drug-likeness (QED) is 0.0487. The normalized spacial score (nSPS) is 13.9. The van der Waals surface area contributed by atoms with Crippen LogP contribution in [0.15, 0.2) is 55.1 Å². The van der Waals surface area contributed by atoms with Crippen molar-refractivity contribution in [3.8, 4) is 16.9 Å². The average molecular weight is 771 g/mol. The van der Waals surface area contributed by atoms with Crippen LogP contribution in [0, 0.1) is 17.2 Å². The molecule has 1 saturated carbocycles. The van der Waals surface area contributed by atoms with Gasteiger partial charge < -0.3 is 40.6 Å². The topological polar surface area (TPSA) is 221 Å². The first-order valence-electron chi connectivity index (χ1n) is 18.2. The summed E-state index contributed by atoms with van der Waals surface area (Å²) in [6, 6.07) is 11.2. The van der Waals surface area contributed by atoms with Crippen molar-refractivity contribution in [1.82, 2.24) is 15.6 Å². The zero-order valence-corrected chi connectivity index (χ0v) is 32.7. The number of benzene rings is 2. The number of carbonyl (C=O) groups excluding carboxylic acids is 5. The summed E-state index contributed by atoms with van der Waals surface area (Å²) in [7, 11) is 1.43. The fraction of sp³-hybridized carbons (Fsp3) is 0.390. The number of pyridine rings is 1. The van der Waals surface area contributed by atoms with Gasteiger partial charge in [-0.25, -0.2) is 19.4 Å². The highest BCUT2D eigenvalue weighted by Gasteiger charge is 2.32. The Labute approximate surface area is 326 Å². The van der Waals surface area contributed by atoms with E-state index in [1.165, 1.54) is 44.4 Å². The van der Waals surface area contributed by atoms with E-state index in [2.05, 4.69) is 27.5 Å². The van der Waals surface area contributed by atoms with Crippen LogP contribution in [0.1, 0.15) is 103 Å². The van der Waals surface area contributed by atoms with E-state index >= 15 is 0 Å². The zero-order valence-electron chi connectivity index (χ0n) is 32.7. The Bertz CT molecular complexity index is 1990. The summed E-state index contributed by atoms with van der Waals surface area (Å²) >= 11 is 0. The molecule has 1 heterocycles. The second kappa shape index (κ2) is 18.4. The maximum absolute atomic E-state index is 14.0. The average Bonchev–Trinajstić information content (AvgIpc) is 3.99. The molecule has 1 aliphatic carbocycles. The molecule has 0 bridgehead atoms. The molecular formula is C41H50N6O9. The summed E-state index contributed by atoms with van der Waals surface area (Å²) in [6.45, 7) is 14.2. The molecule has 0 saturated heterocycles. The molecule has 3 atom stereocenters. The SMILES string of the molecule is C=Cc1cc(C(=O)Nc2ccc(C(=N)N)cc2)c(-c2ccc(C(=O)NCC3CC3)nc2C(=O)OC(C)OC(=O)C(NC(=O)OC(C)(C)C)C(C)CC)cc1OC. The van der Waals surface area contributed by atoms with E-state index in [4.69, 9.17) is 30.1 Å². The van der Waals surface area contributed by atoms with Crippen molar-refractivity contribution in [3.63, 3.8) is 0 Å². The van der Waals surface area contributed by atoms with Gasteiger partial charge in [-0.05, 0) is 94.0 Å². The molecule has 0 aliphatic heterocycles. The molecule has 15 nitrogen and oxygen atoms in total. The van der Waals surface area contributed by atoms with Gasteiger partial charge in [0.15, 0.2) is 5.69 Å². The smallest absolute Gasteiger partial charge is 0.408 e. The fourth-order valence-electron chi connectivity index (χ4n) is 5.45. The van der Waals surface area contributed by atoms with E-state index in [0.717, 1.165) is 12.8 Å². The number of nitrogen functional groups attached to an aromatic ring is 1. The van der Waals surface area contributed by atoms with Gasteiger partial charge in [0.2, 0.25) is 6.29 Å². The first kappa shape index (κ1) is 42.5. The highest BCUT2D eigenvalue weighted by molar-refractivity contribution is 6.11. The number of aromatic nitrogens is 1. The van der Waals surface area contributed by atoms with Crippen LogP contribution in [0.3, 0.4) is 0 Å². The minimum absolute atomic E-state index is 0.0854. The van der Waals surface area contributed by atoms with Crippen molar-refractivity contribution < 1.29 is 42.9 Å². The maximum atomic E-state index is 14.0. The number of esters is 2. The lowest BCUT2D eigenvalue weighted by atomic mass is 9.94. The Morgan fingerprint density at radius 1 is 1.00 bits per heavy atom. The number of nitrogens with two attached hydrogens (primary N) is 1. The number of nitrogens with one attached hydrogen (secondary N) is 4. The third kappa shape index (κ3) is 11.4. The van der Waals surface area contributed by atoms with Crippen LogP contribution < -0.4 is 26.4 Å². The number of carbonyl (C=O) groups is 5. The minimum atomic E-state index is -1.48. The van der Waals surface area contributed by atoms with E-state index in [1.807, 2.05) is 6.92 Å². The Morgan fingerprint density at radius 3 is 2.25 bits per heavy atom. The number of hydrogen-bond acceptors (Lipinski definition) is 11. The summed E-state index contributed by atoms with van der Waals surface area (Å²) in [4.78, 5) is 71.5. The van der Waals surface area contributed by atoms with Gasteiger partial charge in [-0.1, -0.05) is 32.9 Å². The standard InChI is InChI=1S/C41H50N6O9/c1-9-22(3)33(47-40(52)56-41(5,6)7)38(50)54-23(4)55-39(51)34-28(17-18-31(46-34)37(49)44-21-24-11-12-24)29-20-32(53-8)25(10-2)19-30(29)36(48)45-27-15-13-26(14-16-27)35(42)43/h10,13-20,22-24,33H,2,9,11-12,21H2,1,3-8H3,(H3,42,43)(H,44,49)(H,45,48)(H,47,52). The molecule has 1 fully saturated rings. The van der Waals surface area contributed by atoms with Crippen molar-refractivity contribution in [3.05, 3.63) is 83.2 Å². The number of nitrogens with zero attached hydrogens (tertiary/aromatic N) is 1. The van der Waals surface area contributed by atoms with E-state index in [9.17, 15) is 24.0 Å². The molecule has 2 aromatic carbocycles. The molecule has 3 aromatic rings. The molecule has 4 rings (SSSR count). The zero-order chi connectivity index (χ0) is 41.3. The molecule has 6 N–H and O–H groups in total. The third-order valence-electron chi connectivity index (χ3n) is 8.84. The lowest BCUT2D eigenvalue weighted by Crippen LogP contribution is -2.48. The van der Waals surface area contributed by atoms with Crippen molar-refractivity contribution >= 4 is 47.4 Å². The van der Waals surface area contributed by atoms with Gasteiger partial charge >= 0.3 is 18.0 Å². The molecule has 15 heteroatoms. The first-order valence-corrected chi connectivity index (χ1v) is 18.2. The summed E-state index contributed by atoms with van der Waals surface area (Å²) in [5.74, 6) is -2.86. The summed E-state index contributed by atoms with van der Waals surface area (Å²) in [5.41, 5.74) is 6.03. The van der Waals surface area contributed by atoms with Gasteiger partial charge in [-0.3, -0.25) is 15.0 Å². The Balaban J connectivity index is 1.72. The van der Waals surface area contributed by atoms with Crippen LogP contribution >= 0.6 is 0 Å². The second-order valence-electron chi connectivity index (χ2n) is 14.5. The van der Waals surface area contributed by atoms with Crippen molar-refractivity contribution in [2.24, 2.45) is 17.6 Å². The second-order valence-corrected chi connectivity index (χ2v) is 14.5. The number of methoxy groups -OCH3 is 1. The van der Waals surface area contributed by atoms with Crippen LogP contribution in [0.4, 0.5) is 10.5 Å².